The molecule has 1 saturated heterocycles. The quantitative estimate of drug-likeness (QED) is 0.214. The summed E-state index contributed by atoms with van der Waals surface area (Å²) in [5.74, 6) is -4.91. The van der Waals surface area contributed by atoms with Crippen molar-refractivity contribution in [1.29, 1.82) is 0 Å². The number of ketones is 2. The third-order valence-electron chi connectivity index (χ3n) is 9.20. The molecular formula is C28H36N4O7. The summed E-state index contributed by atoms with van der Waals surface area (Å²) >= 11 is 0. The molecule has 39 heavy (non-hydrogen) atoms. The summed E-state index contributed by atoms with van der Waals surface area (Å²) in [4.78, 5) is 41.4. The van der Waals surface area contributed by atoms with Crippen molar-refractivity contribution in [3.8, 4) is 5.75 Å². The number of amides is 1. The fourth-order valence-corrected chi connectivity index (χ4v) is 7.62. The van der Waals surface area contributed by atoms with Gasteiger partial charge in [-0.05, 0) is 64.5 Å². The Hall–Kier alpha value is -3.41. The molecule has 0 bridgehead atoms. The number of nitrogens with one attached hydrogen (secondary N) is 2. The summed E-state index contributed by atoms with van der Waals surface area (Å²) in [6, 6.07) is 2.49. The van der Waals surface area contributed by atoms with Crippen LogP contribution in [-0.4, -0.2) is 87.7 Å². The molecule has 1 aliphatic heterocycles. The number of aromatic hydroxyl groups is 1. The number of fused-ring (bicyclic) bond motifs is 3. The van der Waals surface area contributed by atoms with Crippen molar-refractivity contribution in [2.24, 2.45) is 16.6 Å². The molecule has 1 saturated carbocycles. The molecule has 4 aliphatic rings. The maximum atomic E-state index is 14.3. The molecule has 3 aliphatic carbocycles. The van der Waals surface area contributed by atoms with Crippen LogP contribution in [0.1, 0.15) is 44.2 Å². The monoisotopic (exact) mass is 540 g/mol. The zero-order valence-corrected chi connectivity index (χ0v) is 22.6. The van der Waals surface area contributed by atoms with Gasteiger partial charge < -0.3 is 36.8 Å². The van der Waals surface area contributed by atoms with Crippen LogP contribution >= 0.6 is 0 Å². The molecule has 1 aromatic carbocycles. The Balaban J connectivity index is 1.70. The third kappa shape index (κ3) is 3.56. The number of rotatable bonds is 4. The number of carbonyl (C=O) groups excluding carboxylic acids is 3. The molecule has 1 amide bonds. The summed E-state index contributed by atoms with van der Waals surface area (Å²) in [6.07, 6.45) is 1.93. The van der Waals surface area contributed by atoms with E-state index in [1.807, 2.05) is 0 Å². The second kappa shape index (κ2) is 8.80. The topological polar surface area (TPSA) is 185 Å². The summed E-state index contributed by atoms with van der Waals surface area (Å²) in [5.41, 5.74) is 0.142. The highest BCUT2D eigenvalue weighted by Gasteiger charge is 2.72. The fraction of sp³-hybridized carbons (Fsp3) is 0.536. The first-order valence-electron chi connectivity index (χ1n) is 13.2. The van der Waals surface area contributed by atoms with Crippen LogP contribution in [0.15, 0.2) is 29.0 Å². The van der Waals surface area contributed by atoms with Gasteiger partial charge in [0.15, 0.2) is 11.4 Å². The summed E-state index contributed by atoms with van der Waals surface area (Å²) in [7, 11) is 3.16. The summed E-state index contributed by atoms with van der Waals surface area (Å²) < 4.78 is 0. The number of aliphatic hydroxyl groups is 3. The van der Waals surface area contributed by atoms with Gasteiger partial charge in [0.25, 0.3) is 5.91 Å². The van der Waals surface area contributed by atoms with E-state index in [9.17, 15) is 34.8 Å². The smallest absolute Gasteiger partial charge is 0.255 e. The van der Waals surface area contributed by atoms with Gasteiger partial charge in [-0.15, -0.1) is 0 Å². The standard InChI is InChI=1S/C28H36N4O7/c1-26-11-13-5-6-15(31-14-7-9-30-10-8-14)19(33)16(13)20(34)18(26)24(37)28(39)23(36)17(25(29)38)21(35)22(32(3)4)27(28,2)12-26/h5-6,14,22,30-31,33-34,36,39H,7-12H2,1-4H3,(H2,29,38)/t22-,26+,27+,28-/m1/s1. The van der Waals surface area contributed by atoms with Crippen LogP contribution in [0.5, 0.6) is 5.75 Å². The molecule has 4 atom stereocenters. The average Bonchev–Trinajstić information content (AvgIpc) is 2.83. The lowest BCUT2D eigenvalue weighted by Gasteiger charge is -2.59. The van der Waals surface area contributed by atoms with Crippen molar-refractivity contribution in [1.82, 2.24) is 10.2 Å². The Morgan fingerprint density at radius 2 is 1.77 bits per heavy atom. The van der Waals surface area contributed by atoms with E-state index >= 15 is 0 Å². The molecule has 0 radical (unpaired) electrons. The molecule has 0 aromatic heterocycles. The summed E-state index contributed by atoms with van der Waals surface area (Å²) in [6.45, 7) is 4.96. The number of carbonyl (C=O) groups is 3. The number of anilines is 1. The lowest BCUT2D eigenvalue weighted by Crippen LogP contribution is -2.72. The van der Waals surface area contributed by atoms with Crippen LogP contribution in [0.4, 0.5) is 5.69 Å². The zero-order chi connectivity index (χ0) is 28.7. The number of hydrogen-bond donors (Lipinski definition) is 7. The van der Waals surface area contributed by atoms with Crippen LogP contribution in [0, 0.1) is 10.8 Å². The van der Waals surface area contributed by atoms with Gasteiger partial charge in [0, 0.05) is 22.4 Å². The van der Waals surface area contributed by atoms with Crippen LogP contribution in [0.3, 0.4) is 0 Å². The van der Waals surface area contributed by atoms with E-state index in [1.54, 1.807) is 33.2 Å². The minimum atomic E-state index is -2.72. The molecule has 0 spiro atoms. The van der Waals surface area contributed by atoms with Gasteiger partial charge in [0.1, 0.15) is 22.8 Å². The first-order valence-corrected chi connectivity index (χ1v) is 13.2. The van der Waals surface area contributed by atoms with E-state index in [1.165, 1.54) is 11.8 Å². The molecule has 11 nitrogen and oxygen atoms in total. The Morgan fingerprint density at radius 3 is 2.36 bits per heavy atom. The van der Waals surface area contributed by atoms with Gasteiger partial charge in [-0.3, -0.25) is 19.3 Å². The number of piperidine rings is 1. The molecular weight excluding hydrogens is 504 g/mol. The Morgan fingerprint density at radius 1 is 1.13 bits per heavy atom. The van der Waals surface area contributed by atoms with Crippen molar-refractivity contribution in [2.75, 3.05) is 32.5 Å². The number of phenols is 1. The minimum absolute atomic E-state index is 0.00159. The molecule has 2 fully saturated rings. The summed E-state index contributed by atoms with van der Waals surface area (Å²) in [5, 5.41) is 52.6. The maximum absolute atomic E-state index is 14.3. The Kier molecular flexibility index (Phi) is 6.13. The molecule has 1 heterocycles. The van der Waals surface area contributed by atoms with E-state index in [0.29, 0.717) is 11.3 Å². The number of Topliss-reactive ketones (excluding diaryl/α,β-unsaturated/α-hetero) is 2. The van der Waals surface area contributed by atoms with Crippen LogP contribution in [-0.2, 0) is 20.8 Å². The first-order chi connectivity index (χ1) is 18.2. The second-order valence-electron chi connectivity index (χ2n) is 12.1. The van der Waals surface area contributed by atoms with Crippen molar-refractivity contribution in [2.45, 2.75) is 57.2 Å². The van der Waals surface area contributed by atoms with Crippen LogP contribution in [0.25, 0.3) is 5.76 Å². The molecule has 11 heteroatoms. The second-order valence-corrected chi connectivity index (χ2v) is 12.1. The van der Waals surface area contributed by atoms with Crippen molar-refractivity contribution in [3.05, 3.63) is 40.2 Å². The third-order valence-corrected chi connectivity index (χ3v) is 9.20. The molecule has 5 rings (SSSR count). The Bertz CT molecular complexity index is 1360. The largest absolute Gasteiger partial charge is 0.508 e. The zero-order valence-electron chi connectivity index (χ0n) is 22.6. The SMILES string of the molecule is CN(C)[C@@H]1C(=O)C(C(N)=O)=C(O)[C@@]2(O)C(=O)C3=C(O)c4c(ccc(NC5CCNCC5)c4O)C[C@@]3(C)C[C@@]12C. The highest BCUT2D eigenvalue weighted by molar-refractivity contribution is 6.25. The Labute approximate surface area is 226 Å². The van der Waals surface area contributed by atoms with Gasteiger partial charge in [-0.1, -0.05) is 19.9 Å². The van der Waals surface area contributed by atoms with Crippen molar-refractivity contribution in [3.63, 3.8) is 0 Å². The fourth-order valence-electron chi connectivity index (χ4n) is 7.62. The number of phenolic OH excluding ortho intramolecular Hbond substituents is 1. The number of nitrogens with zero attached hydrogens (tertiary/aromatic N) is 1. The van der Waals surface area contributed by atoms with E-state index in [-0.39, 0.29) is 35.8 Å². The predicted octanol–water partition coefficient (Wildman–Crippen LogP) is 0.908. The highest BCUT2D eigenvalue weighted by Crippen LogP contribution is 2.63. The lowest BCUT2D eigenvalue weighted by molar-refractivity contribution is -0.175. The molecule has 8 N–H and O–H groups in total. The number of hydrogen-bond acceptors (Lipinski definition) is 10. The van der Waals surface area contributed by atoms with Gasteiger partial charge in [0.05, 0.1) is 17.3 Å². The van der Waals surface area contributed by atoms with Gasteiger partial charge in [0.2, 0.25) is 5.78 Å². The van der Waals surface area contributed by atoms with Gasteiger partial charge in [-0.2, -0.15) is 0 Å². The van der Waals surface area contributed by atoms with Gasteiger partial charge in [-0.25, -0.2) is 0 Å². The molecule has 0 unspecified atom stereocenters. The van der Waals surface area contributed by atoms with Gasteiger partial charge >= 0.3 is 0 Å². The van der Waals surface area contributed by atoms with E-state index in [4.69, 9.17) is 5.73 Å². The number of likely N-dealkylation sites (N-methyl/N-ethyl adjacent to an activating group) is 1. The lowest BCUT2D eigenvalue weighted by atomic mass is 9.46. The average molecular weight is 541 g/mol. The first kappa shape index (κ1) is 27.2. The number of primary amides is 1. The maximum Gasteiger partial charge on any atom is 0.255 e. The molecule has 210 valence electrons. The number of benzene rings is 1. The highest BCUT2D eigenvalue weighted by atomic mass is 16.3. The predicted molar refractivity (Wildman–Crippen MR) is 143 cm³/mol. The van der Waals surface area contributed by atoms with Crippen molar-refractivity contribution >= 4 is 28.9 Å². The van der Waals surface area contributed by atoms with E-state index in [2.05, 4.69) is 10.6 Å². The van der Waals surface area contributed by atoms with Crippen LogP contribution < -0.4 is 16.4 Å². The van der Waals surface area contributed by atoms with Crippen LogP contribution in [0.2, 0.25) is 0 Å². The number of nitrogens with two attached hydrogens (primary N) is 1. The van der Waals surface area contributed by atoms with Crippen molar-refractivity contribution < 1.29 is 34.8 Å². The molecule has 1 aromatic rings. The normalized spacial score (nSPS) is 33.1. The van der Waals surface area contributed by atoms with E-state index < -0.39 is 57.0 Å². The minimum Gasteiger partial charge on any atom is -0.508 e. The number of aliphatic hydroxyl groups excluding tert-OH is 2. The van der Waals surface area contributed by atoms with E-state index in [0.717, 1.165) is 25.9 Å².